The molecule has 2 aliphatic carbocycles. The Hall–Kier alpha value is -1.26. The van der Waals surface area contributed by atoms with Crippen LogP contribution in [-0.2, 0) is 4.79 Å². The van der Waals surface area contributed by atoms with Crippen molar-refractivity contribution < 1.29 is 14.7 Å². The second kappa shape index (κ2) is 6.46. The number of carbonyl (C=O) groups is 2. The average Bonchev–Trinajstić information content (AvgIpc) is 3.20. The van der Waals surface area contributed by atoms with E-state index in [1.54, 1.807) is 0 Å². The second-order valence-corrected chi connectivity index (χ2v) is 6.57. The average molecular weight is 282 g/mol. The van der Waals surface area contributed by atoms with Gasteiger partial charge in [0.1, 0.15) is 6.04 Å². The van der Waals surface area contributed by atoms with E-state index in [0.29, 0.717) is 11.8 Å². The first kappa shape index (κ1) is 15.1. The number of nitrogens with one attached hydrogen (secondary N) is 2. The van der Waals surface area contributed by atoms with Crippen molar-refractivity contribution in [3.8, 4) is 0 Å². The number of aliphatic carboxylic acids is 1. The van der Waals surface area contributed by atoms with Gasteiger partial charge in [-0.25, -0.2) is 9.59 Å². The Morgan fingerprint density at radius 1 is 1.10 bits per heavy atom. The van der Waals surface area contributed by atoms with E-state index in [0.717, 1.165) is 32.1 Å². The van der Waals surface area contributed by atoms with Gasteiger partial charge in [0.05, 0.1) is 0 Å². The third-order valence-electron chi connectivity index (χ3n) is 4.64. The van der Waals surface area contributed by atoms with Crippen molar-refractivity contribution in [2.75, 3.05) is 0 Å². The lowest BCUT2D eigenvalue weighted by molar-refractivity contribution is -0.139. The molecule has 0 aromatic carbocycles. The summed E-state index contributed by atoms with van der Waals surface area (Å²) >= 11 is 0. The van der Waals surface area contributed by atoms with Crippen LogP contribution in [0.3, 0.4) is 0 Å². The molecule has 0 aromatic rings. The van der Waals surface area contributed by atoms with Crippen LogP contribution in [0.15, 0.2) is 0 Å². The summed E-state index contributed by atoms with van der Waals surface area (Å²) in [5.74, 6) is 0.232. The third-order valence-corrected chi connectivity index (χ3v) is 4.64. The molecule has 2 saturated carbocycles. The zero-order chi connectivity index (χ0) is 14.7. The maximum atomic E-state index is 12.0. The van der Waals surface area contributed by atoms with E-state index >= 15 is 0 Å². The summed E-state index contributed by atoms with van der Waals surface area (Å²) in [5, 5.41) is 14.8. The van der Waals surface area contributed by atoms with Crippen LogP contribution >= 0.6 is 0 Å². The van der Waals surface area contributed by atoms with E-state index < -0.39 is 12.0 Å². The van der Waals surface area contributed by atoms with Crippen molar-refractivity contribution >= 4 is 12.0 Å². The largest absolute Gasteiger partial charge is 0.480 e. The Labute approximate surface area is 120 Å². The summed E-state index contributed by atoms with van der Waals surface area (Å²) in [6.45, 7) is 4.37. The quantitative estimate of drug-likeness (QED) is 0.724. The van der Waals surface area contributed by atoms with Gasteiger partial charge in [0.2, 0.25) is 0 Å². The molecule has 0 heterocycles. The first-order chi connectivity index (χ1) is 9.49. The van der Waals surface area contributed by atoms with Crippen LogP contribution in [0, 0.1) is 17.8 Å². The number of carboxylic acids is 1. The molecule has 0 aliphatic heterocycles. The fraction of sp³-hybridized carbons (Fsp3) is 0.867. The number of hydrogen-bond acceptors (Lipinski definition) is 2. The Kier molecular flexibility index (Phi) is 4.89. The highest BCUT2D eigenvalue weighted by molar-refractivity contribution is 5.83. The molecule has 0 saturated heterocycles. The fourth-order valence-electron chi connectivity index (χ4n) is 3.30. The van der Waals surface area contributed by atoms with Gasteiger partial charge in [-0.05, 0) is 43.4 Å². The van der Waals surface area contributed by atoms with Gasteiger partial charge in [0, 0.05) is 6.04 Å². The van der Waals surface area contributed by atoms with Gasteiger partial charge in [-0.15, -0.1) is 0 Å². The first-order valence-corrected chi connectivity index (χ1v) is 7.79. The molecule has 0 radical (unpaired) electrons. The highest BCUT2D eigenvalue weighted by atomic mass is 16.4. The maximum absolute atomic E-state index is 12.0. The van der Waals surface area contributed by atoms with Crippen LogP contribution in [0.4, 0.5) is 4.79 Å². The predicted octanol–water partition coefficient (Wildman–Crippen LogP) is 2.36. The maximum Gasteiger partial charge on any atom is 0.326 e. The summed E-state index contributed by atoms with van der Waals surface area (Å²) in [7, 11) is 0. The summed E-state index contributed by atoms with van der Waals surface area (Å²) < 4.78 is 0. The molecule has 2 amide bonds. The standard InChI is InChI=1S/C15H26N2O3/c1-9(2)11-5-3-4-6-12(11)16-15(20)17-13(14(18)19)10-7-8-10/h9-13H,3-8H2,1-2H3,(H,18,19)(H2,16,17,20). The predicted molar refractivity (Wildman–Crippen MR) is 76.4 cm³/mol. The van der Waals surface area contributed by atoms with Gasteiger partial charge < -0.3 is 15.7 Å². The minimum absolute atomic E-state index is 0.116. The Morgan fingerprint density at radius 3 is 2.30 bits per heavy atom. The summed E-state index contributed by atoms with van der Waals surface area (Å²) in [4.78, 5) is 23.2. The molecule has 5 heteroatoms. The number of carbonyl (C=O) groups excluding carboxylic acids is 1. The van der Waals surface area contributed by atoms with Crippen molar-refractivity contribution in [1.29, 1.82) is 0 Å². The Bertz CT molecular complexity index is 366. The summed E-state index contributed by atoms with van der Waals surface area (Å²) in [6.07, 6.45) is 6.30. The molecule has 114 valence electrons. The van der Waals surface area contributed by atoms with Crippen LogP contribution < -0.4 is 10.6 Å². The molecule has 5 nitrogen and oxygen atoms in total. The topological polar surface area (TPSA) is 78.4 Å². The molecular weight excluding hydrogens is 256 g/mol. The molecule has 2 rings (SSSR count). The van der Waals surface area contributed by atoms with E-state index in [-0.39, 0.29) is 18.0 Å². The zero-order valence-corrected chi connectivity index (χ0v) is 12.4. The summed E-state index contributed by atoms with van der Waals surface area (Å²) in [5.41, 5.74) is 0. The molecule has 2 aliphatic rings. The highest BCUT2D eigenvalue weighted by Crippen LogP contribution is 2.33. The van der Waals surface area contributed by atoms with Gasteiger partial charge in [-0.2, -0.15) is 0 Å². The van der Waals surface area contributed by atoms with Gasteiger partial charge in [0.25, 0.3) is 0 Å². The van der Waals surface area contributed by atoms with Crippen molar-refractivity contribution in [2.45, 2.75) is 64.5 Å². The van der Waals surface area contributed by atoms with E-state index in [9.17, 15) is 9.59 Å². The third kappa shape index (κ3) is 3.87. The minimum atomic E-state index is -0.924. The minimum Gasteiger partial charge on any atom is -0.480 e. The van der Waals surface area contributed by atoms with Crippen molar-refractivity contribution in [1.82, 2.24) is 10.6 Å². The van der Waals surface area contributed by atoms with Crippen molar-refractivity contribution in [3.05, 3.63) is 0 Å². The van der Waals surface area contributed by atoms with Crippen LogP contribution in [0.1, 0.15) is 52.4 Å². The lowest BCUT2D eigenvalue weighted by Gasteiger charge is -2.35. The van der Waals surface area contributed by atoms with E-state index in [2.05, 4.69) is 24.5 Å². The monoisotopic (exact) mass is 282 g/mol. The molecule has 3 atom stereocenters. The number of amides is 2. The lowest BCUT2D eigenvalue weighted by atomic mass is 9.78. The molecule has 20 heavy (non-hydrogen) atoms. The first-order valence-electron chi connectivity index (χ1n) is 7.79. The van der Waals surface area contributed by atoms with E-state index in [1.807, 2.05) is 0 Å². The van der Waals surface area contributed by atoms with Gasteiger partial charge in [-0.3, -0.25) is 0 Å². The van der Waals surface area contributed by atoms with E-state index in [4.69, 9.17) is 5.11 Å². The molecule has 0 spiro atoms. The molecule has 2 fully saturated rings. The van der Waals surface area contributed by atoms with Gasteiger partial charge >= 0.3 is 12.0 Å². The normalized spacial score (nSPS) is 27.9. The van der Waals surface area contributed by atoms with Crippen LogP contribution in [0.25, 0.3) is 0 Å². The molecule has 0 bridgehead atoms. The van der Waals surface area contributed by atoms with Gasteiger partial charge in [-0.1, -0.05) is 26.7 Å². The summed E-state index contributed by atoms with van der Waals surface area (Å²) in [6, 6.07) is -0.865. The Morgan fingerprint density at radius 2 is 1.75 bits per heavy atom. The lowest BCUT2D eigenvalue weighted by Crippen LogP contribution is -2.52. The van der Waals surface area contributed by atoms with E-state index in [1.165, 1.54) is 6.42 Å². The molecular formula is C15H26N2O3. The van der Waals surface area contributed by atoms with Crippen LogP contribution in [-0.4, -0.2) is 29.2 Å². The molecule has 3 N–H and O–H groups in total. The number of hydrogen-bond donors (Lipinski definition) is 3. The SMILES string of the molecule is CC(C)C1CCCCC1NC(=O)NC(C(=O)O)C1CC1. The highest BCUT2D eigenvalue weighted by Gasteiger charge is 2.38. The smallest absolute Gasteiger partial charge is 0.326 e. The van der Waals surface area contributed by atoms with Crippen molar-refractivity contribution in [3.63, 3.8) is 0 Å². The Balaban J connectivity index is 1.87. The second-order valence-electron chi connectivity index (χ2n) is 6.57. The van der Waals surface area contributed by atoms with Crippen molar-refractivity contribution in [2.24, 2.45) is 17.8 Å². The van der Waals surface area contributed by atoms with Crippen LogP contribution in [0.5, 0.6) is 0 Å². The molecule has 0 aromatic heterocycles. The molecule has 3 unspecified atom stereocenters. The van der Waals surface area contributed by atoms with Crippen LogP contribution in [0.2, 0.25) is 0 Å². The number of carboxylic acid groups (broad SMARTS) is 1. The number of rotatable bonds is 5. The number of urea groups is 1. The van der Waals surface area contributed by atoms with Gasteiger partial charge in [0.15, 0.2) is 0 Å². The zero-order valence-electron chi connectivity index (χ0n) is 12.4. The fourth-order valence-corrected chi connectivity index (χ4v) is 3.30.